The van der Waals surface area contributed by atoms with Gasteiger partial charge in [0.1, 0.15) is 4.90 Å². The molecule has 112 valence electrons. The third-order valence-electron chi connectivity index (χ3n) is 3.45. The van der Waals surface area contributed by atoms with Gasteiger partial charge in [0.05, 0.1) is 17.1 Å². The fourth-order valence-electron chi connectivity index (χ4n) is 2.16. The molecule has 0 saturated heterocycles. The van der Waals surface area contributed by atoms with E-state index in [1.54, 1.807) is 32.0 Å². The minimum atomic E-state index is -3.75. The molecule has 0 aliphatic rings. The topological polar surface area (TPSA) is 85.1 Å². The molecule has 3 N–H and O–H groups in total. The number of aryl methyl sites for hydroxylation is 3. The Kier molecular flexibility index (Phi) is 3.91. The summed E-state index contributed by atoms with van der Waals surface area (Å²) < 4.78 is 27.8. The van der Waals surface area contributed by atoms with Gasteiger partial charge in [0.15, 0.2) is 0 Å². The number of benzene rings is 1. The molecule has 0 aliphatic heterocycles. The molecule has 0 aliphatic carbocycles. The Morgan fingerprint density at radius 3 is 2.33 bits per heavy atom. The standard InChI is InChI=1S/C15H19N3O2S/c1-9-5-7-13(16)15(11(9)3)21(19,20)18-14-8-6-10(2)17-12(14)4/h5-8,18H,16H2,1-4H3. The predicted octanol–water partition coefficient (Wildman–Crippen LogP) is 2.70. The molecule has 0 radical (unpaired) electrons. The van der Waals surface area contributed by atoms with E-state index in [1.165, 1.54) is 0 Å². The molecule has 2 rings (SSSR count). The summed E-state index contributed by atoms with van der Waals surface area (Å²) in [6.45, 7) is 7.22. The van der Waals surface area contributed by atoms with Crippen LogP contribution in [0.1, 0.15) is 22.5 Å². The molecule has 1 aromatic carbocycles. The van der Waals surface area contributed by atoms with Gasteiger partial charge in [-0.25, -0.2) is 8.42 Å². The van der Waals surface area contributed by atoms with Crippen LogP contribution in [0.2, 0.25) is 0 Å². The fourth-order valence-corrected chi connectivity index (χ4v) is 3.71. The lowest BCUT2D eigenvalue weighted by molar-refractivity contribution is 0.601. The lowest BCUT2D eigenvalue weighted by Crippen LogP contribution is -2.17. The molecule has 0 bridgehead atoms. The smallest absolute Gasteiger partial charge is 0.264 e. The normalized spacial score (nSPS) is 11.4. The van der Waals surface area contributed by atoms with E-state index in [1.807, 2.05) is 19.9 Å². The van der Waals surface area contributed by atoms with Crippen LogP contribution in [0, 0.1) is 27.7 Å². The van der Waals surface area contributed by atoms with Crippen molar-refractivity contribution in [3.63, 3.8) is 0 Å². The number of hydrogen-bond acceptors (Lipinski definition) is 4. The molecule has 5 nitrogen and oxygen atoms in total. The van der Waals surface area contributed by atoms with Crippen LogP contribution in [0.15, 0.2) is 29.2 Å². The van der Waals surface area contributed by atoms with Gasteiger partial charge in [-0.2, -0.15) is 0 Å². The Bertz CT molecular complexity index is 799. The zero-order valence-corrected chi connectivity index (χ0v) is 13.4. The first kappa shape index (κ1) is 15.3. The quantitative estimate of drug-likeness (QED) is 0.854. The first-order chi connectivity index (χ1) is 9.72. The first-order valence-corrected chi connectivity index (χ1v) is 8.03. The molecule has 0 unspecified atom stereocenters. The Morgan fingerprint density at radius 1 is 1.05 bits per heavy atom. The summed E-state index contributed by atoms with van der Waals surface area (Å²) in [5, 5.41) is 0. The third-order valence-corrected chi connectivity index (χ3v) is 5.01. The highest BCUT2D eigenvalue weighted by Crippen LogP contribution is 2.27. The number of aromatic nitrogens is 1. The van der Waals surface area contributed by atoms with Crippen LogP contribution in [0.4, 0.5) is 11.4 Å². The average molecular weight is 305 g/mol. The molecule has 0 fully saturated rings. The largest absolute Gasteiger partial charge is 0.398 e. The number of pyridine rings is 1. The van der Waals surface area contributed by atoms with E-state index in [9.17, 15) is 8.42 Å². The van der Waals surface area contributed by atoms with Gasteiger partial charge in [0.25, 0.3) is 10.0 Å². The van der Waals surface area contributed by atoms with E-state index < -0.39 is 10.0 Å². The van der Waals surface area contributed by atoms with E-state index in [-0.39, 0.29) is 10.6 Å². The summed E-state index contributed by atoms with van der Waals surface area (Å²) in [6, 6.07) is 6.88. The zero-order chi connectivity index (χ0) is 15.8. The summed E-state index contributed by atoms with van der Waals surface area (Å²) in [7, 11) is -3.75. The Morgan fingerprint density at radius 2 is 1.71 bits per heavy atom. The maximum absolute atomic E-state index is 12.6. The summed E-state index contributed by atoms with van der Waals surface area (Å²) in [6.07, 6.45) is 0. The Hall–Kier alpha value is -2.08. The molecule has 1 heterocycles. The minimum Gasteiger partial charge on any atom is -0.398 e. The second-order valence-electron chi connectivity index (χ2n) is 5.12. The molecule has 6 heteroatoms. The predicted molar refractivity (Wildman–Crippen MR) is 84.8 cm³/mol. The van der Waals surface area contributed by atoms with Crippen LogP contribution in [-0.4, -0.2) is 13.4 Å². The van der Waals surface area contributed by atoms with E-state index in [4.69, 9.17) is 5.73 Å². The van der Waals surface area contributed by atoms with E-state index in [0.29, 0.717) is 16.9 Å². The lowest BCUT2D eigenvalue weighted by atomic mass is 10.1. The van der Waals surface area contributed by atoms with Gasteiger partial charge >= 0.3 is 0 Å². The highest BCUT2D eigenvalue weighted by molar-refractivity contribution is 7.93. The van der Waals surface area contributed by atoms with Crippen LogP contribution < -0.4 is 10.5 Å². The van der Waals surface area contributed by atoms with Gasteiger partial charge in [-0.05, 0) is 57.0 Å². The molecule has 0 saturated carbocycles. The average Bonchev–Trinajstić information content (AvgIpc) is 2.37. The molecule has 2 aromatic rings. The van der Waals surface area contributed by atoms with E-state index in [2.05, 4.69) is 9.71 Å². The van der Waals surface area contributed by atoms with Crippen LogP contribution in [0.25, 0.3) is 0 Å². The van der Waals surface area contributed by atoms with Crippen molar-refractivity contribution in [2.75, 3.05) is 10.5 Å². The van der Waals surface area contributed by atoms with Gasteiger partial charge < -0.3 is 5.73 Å². The van der Waals surface area contributed by atoms with Crippen molar-refractivity contribution < 1.29 is 8.42 Å². The van der Waals surface area contributed by atoms with Crippen molar-refractivity contribution in [3.05, 3.63) is 46.8 Å². The van der Waals surface area contributed by atoms with Gasteiger partial charge in [0.2, 0.25) is 0 Å². The van der Waals surface area contributed by atoms with Crippen LogP contribution in [-0.2, 0) is 10.0 Å². The number of nitrogens with one attached hydrogen (secondary N) is 1. The van der Waals surface area contributed by atoms with E-state index >= 15 is 0 Å². The fraction of sp³-hybridized carbons (Fsp3) is 0.267. The van der Waals surface area contributed by atoms with Gasteiger partial charge in [-0.3, -0.25) is 9.71 Å². The van der Waals surface area contributed by atoms with Crippen molar-refractivity contribution >= 4 is 21.4 Å². The monoisotopic (exact) mass is 305 g/mol. The number of nitrogens with two attached hydrogens (primary N) is 1. The SMILES string of the molecule is Cc1ccc(NS(=O)(=O)c2c(N)ccc(C)c2C)c(C)n1. The summed E-state index contributed by atoms with van der Waals surface area (Å²) in [4.78, 5) is 4.38. The maximum Gasteiger partial charge on any atom is 0.264 e. The maximum atomic E-state index is 12.6. The highest BCUT2D eigenvalue weighted by Gasteiger charge is 2.22. The molecular weight excluding hydrogens is 286 g/mol. The van der Waals surface area contributed by atoms with Crippen molar-refractivity contribution in [2.45, 2.75) is 32.6 Å². The second kappa shape index (κ2) is 5.37. The molecular formula is C15H19N3O2S. The molecule has 21 heavy (non-hydrogen) atoms. The Labute approximate surface area is 125 Å². The molecule has 0 atom stereocenters. The van der Waals surface area contributed by atoms with Crippen LogP contribution in [0.5, 0.6) is 0 Å². The van der Waals surface area contributed by atoms with Crippen LogP contribution >= 0.6 is 0 Å². The highest BCUT2D eigenvalue weighted by atomic mass is 32.2. The van der Waals surface area contributed by atoms with Crippen molar-refractivity contribution in [3.8, 4) is 0 Å². The number of anilines is 2. The van der Waals surface area contributed by atoms with Crippen molar-refractivity contribution in [2.24, 2.45) is 0 Å². The first-order valence-electron chi connectivity index (χ1n) is 6.55. The summed E-state index contributed by atoms with van der Waals surface area (Å²) >= 11 is 0. The van der Waals surface area contributed by atoms with Crippen molar-refractivity contribution in [1.82, 2.24) is 4.98 Å². The number of rotatable bonds is 3. The molecule has 1 aromatic heterocycles. The number of nitrogens with zero attached hydrogens (tertiary/aromatic N) is 1. The van der Waals surface area contributed by atoms with Crippen molar-refractivity contribution in [1.29, 1.82) is 0 Å². The van der Waals surface area contributed by atoms with Crippen LogP contribution in [0.3, 0.4) is 0 Å². The Balaban J connectivity index is 2.51. The van der Waals surface area contributed by atoms with Gasteiger partial charge in [0, 0.05) is 5.69 Å². The number of nitrogen functional groups attached to an aromatic ring is 1. The molecule has 0 spiro atoms. The summed E-state index contributed by atoms with van der Waals surface area (Å²) in [5.41, 5.74) is 9.55. The lowest BCUT2D eigenvalue weighted by Gasteiger charge is -2.15. The number of sulfonamides is 1. The third kappa shape index (κ3) is 3.00. The molecule has 0 amide bonds. The zero-order valence-electron chi connectivity index (χ0n) is 12.6. The second-order valence-corrected chi connectivity index (χ2v) is 6.74. The minimum absolute atomic E-state index is 0.127. The summed E-state index contributed by atoms with van der Waals surface area (Å²) in [5.74, 6) is 0. The van der Waals surface area contributed by atoms with E-state index in [0.717, 1.165) is 11.3 Å². The van der Waals surface area contributed by atoms with Gasteiger partial charge in [-0.15, -0.1) is 0 Å². The number of hydrogen-bond donors (Lipinski definition) is 2. The van der Waals surface area contributed by atoms with Gasteiger partial charge in [-0.1, -0.05) is 6.07 Å².